The summed E-state index contributed by atoms with van der Waals surface area (Å²) < 4.78 is 31.2. The summed E-state index contributed by atoms with van der Waals surface area (Å²) in [5.41, 5.74) is 0. The number of carbonyl (C=O) groups is 1. The Morgan fingerprint density at radius 2 is 1.90 bits per heavy atom. The van der Waals surface area contributed by atoms with Crippen molar-refractivity contribution >= 4 is 17.7 Å². The predicted molar refractivity (Wildman–Crippen MR) is 86.1 cm³/mol. The van der Waals surface area contributed by atoms with Crippen molar-refractivity contribution in [3.8, 4) is 0 Å². The smallest absolute Gasteiger partial charge is 0.305 e. The summed E-state index contributed by atoms with van der Waals surface area (Å²) in [5, 5.41) is 0.229. The molecule has 0 aliphatic heterocycles. The van der Waals surface area contributed by atoms with Gasteiger partial charge in [0.25, 0.3) is 0 Å². The first-order valence-corrected chi connectivity index (χ1v) is 9.11. The molecule has 0 amide bonds. The summed E-state index contributed by atoms with van der Waals surface area (Å²) in [7, 11) is 0. The van der Waals surface area contributed by atoms with E-state index in [0.717, 1.165) is 31.4 Å². The zero-order valence-corrected chi connectivity index (χ0v) is 14.4. The molecule has 0 aliphatic rings. The molecule has 1 unspecified atom stereocenters. The molecule has 0 fully saturated rings. The number of rotatable bonds is 13. The van der Waals surface area contributed by atoms with Gasteiger partial charge in [-0.25, -0.2) is 8.78 Å². The lowest BCUT2D eigenvalue weighted by molar-refractivity contribution is -0.143. The summed E-state index contributed by atoms with van der Waals surface area (Å²) in [5.74, 6) is -1.79. The van der Waals surface area contributed by atoms with Gasteiger partial charge in [-0.2, -0.15) is 11.8 Å². The molecule has 126 valence electrons. The Hall–Kier alpha value is -0.320. The van der Waals surface area contributed by atoms with Crippen LogP contribution in [0.25, 0.3) is 0 Å². The second-order valence-electron chi connectivity index (χ2n) is 5.49. The summed E-state index contributed by atoms with van der Waals surface area (Å²) in [6, 6.07) is 0. The quantitative estimate of drug-likeness (QED) is 0.333. The lowest BCUT2D eigenvalue weighted by Crippen LogP contribution is -2.15. The van der Waals surface area contributed by atoms with E-state index in [-0.39, 0.29) is 24.1 Å². The normalized spacial score (nSPS) is 13.2. The van der Waals surface area contributed by atoms with E-state index in [0.29, 0.717) is 19.4 Å². The second-order valence-corrected chi connectivity index (χ2v) is 7.03. The van der Waals surface area contributed by atoms with Crippen LogP contribution in [0, 0.1) is 0 Å². The molecule has 0 aromatic carbocycles. The molecular weight excluding hydrogens is 294 g/mol. The van der Waals surface area contributed by atoms with Gasteiger partial charge >= 0.3 is 5.97 Å². The van der Waals surface area contributed by atoms with Gasteiger partial charge in [0.15, 0.2) is 0 Å². The Balaban J connectivity index is 3.50. The number of thioether (sulfide) groups is 1. The minimum Gasteiger partial charge on any atom is -0.465 e. The van der Waals surface area contributed by atoms with Crippen molar-refractivity contribution in [1.29, 1.82) is 0 Å². The monoisotopic (exact) mass is 324 g/mol. The molecule has 2 nitrogen and oxygen atoms in total. The fourth-order valence-electron chi connectivity index (χ4n) is 1.80. The van der Waals surface area contributed by atoms with Crippen molar-refractivity contribution in [2.24, 2.45) is 0 Å². The predicted octanol–water partition coefficient (Wildman–Crippen LogP) is 5.45. The first kappa shape index (κ1) is 20.7. The molecule has 0 saturated carbocycles. The van der Waals surface area contributed by atoms with E-state index in [4.69, 9.17) is 4.74 Å². The lowest BCUT2D eigenvalue weighted by Gasteiger charge is -2.14. The number of esters is 1. The molecule has 0 saturated heterocycles. The number of ether oxygens (including phenoxy) is 1. The molecule has 0 aliphatic carbocycles. The van der Waals surface area contributed by atoms with Crippen LogP contribution in [0.3, 0.4) is 0 Å². The largest absolute Gasteiger partial charge is 0.465 e. The van der Waals surface area contributed by atoms with Gasteiger partial charge in [0.1, 0.15) is 6.61 Å². The van der Waals surface area contributed by atoms with Crippen LogP contribution < -0.4 is 0 Å². The maximum atomic E-state index is 13.0. The van der Waals surface area contributed by atoms with Crippen LogP contribution in [0.15, 0.2) is 0 Å². The summed E-state index contributed by atoms with van der Waals surface area (Å²) in [6.45, 7) is 6.04. The summed E-state index contributed by atoms with van der Waals surface area (Å²) >= 11 is 1.68. The zero-order valence-electron chi connectivity index (χ0n) is 13.6. The molecule has 1 atom stereocenters. The number of hydrogen-bond donors (Lipinski definition) is 0. The van der Waals surface area contributed by atoms with Crippen LogP contribution in [0.4, 0.5) is 8.78 Å². The number of hydrogen-bond acceptors (Lipinski definition) is 3. The van der Waals surface area contributed by atoms with Crippen LogP contribution in [0.5, 0.6) is 0 Å². The SMILES string of the molecule is CCCCCC(=O)OCC(C)SCCCCC(F)(F)CC. The van der Waals surface area contributed by atoms with Gasteiger partial charge in [-0.3, -0.25) is 4.79 Å². The number of unbranched alkanes of at least 4 members (excludes halogenated alkanes) is 3. The fraction of sp³-hybridized carbons (Fsp3) is 0.938. The Morgan fingerprint density at radius 3 is 2.52 bits per heavy atom. The molecule has 0 rings (SSSR count). The molecule has 0 heterocycles. The van der Waals surface area contributed by atoms with E-state index in [1.807, 2.05) is 6.92 Å². The maximum absolute atomic E-state index is 13.0. The molecule has 0 aromatic heterocycles. The molecule has 0 bridgehead atoms. The highest BCUT2D eigenvalue weighted by atomic mass is 32.2. The number of carbonyl (C=O) groups excluding carboxylic acids is 1. The highest BCUT2D eigenvalue weighted by Gasteiger charge is 2.24. The molecular formula is C16H30F2O2S. The third-order valence-corrected chi connectivity index (χ3v) is 4.55. The zero-order chi connectivity index (χ0) is 16.1. The van der Waals surface area contributed by atoms with Crippen molar-refractivity contribution in [1.82, 2.24) is 0 Å². The van der Waals surface area contributed by atoms with Crippen molar-refractivity contribution in [3.63, 3.8) is 0 Å². The topological polar surface area (TPSA) is 26.3 Å². The summed E-state index contributed by atoms with van der Waals surface area (Å²) in [6.07, 6.45) is 4.78. The third kappa shape index (κ3) is 13.1. The first-order chi connectivity index (χ1) is 9.91. The van der Waals surface area contributed by atoms with Crippen molar-refractivity contribution < 1.29 is 18.3 Å². The van der Waals surface area contributed by atoms with Gasteiger partial charge in [0.05, 0.1) is 0 Å². The Morgan fingerprint density at radius 1 is 1.19 bits per heavy atom. The van der Waals surface area contributed by atoms with E-state index in [2.05, 4.69) is 6.92 Å². The maximum Gasteiger partial charge on any atom is 0.305 e. The lowest BCUT2D eigenvalue weighted by atomic mass is 10.1. The molecule has 21 heavy (non-hydrogen) atoms. The van der Waals surface area contributed by atoms with Crippen molar-refractivity contribution in [2.45, 2.75) is 83.3 Å². The van der Waals surface area contributed by atoms with E-state index in [9.17, 15) is 13.6 Å². The average Bonchev–Trinajstić information content (AvgIpc) is 2.45. The van der Waals surface area contributed by atoms with E-state index < -0.39 is 5.92 Å². The average molecular weight is 324 g/mol. The van der Waals surface area contributed by atoms with Gasteiger partial charge in [0, 0.05) is 24.5 Å². The fourth-order valence-corrected chi connectivity index (χ4v) is 2.73. The van der Waals surface area contributed by atoms with Crippen LogP contribution in [0.1, 0.15) is 72.1 Å². The van der Waals surface area contributed by atoms with Crippen molar-refractivity contribution in [3.05, 3.63) is 0 Å². The summed E-state index contributed by atoms with van der Waals surface area (Å²) in [4.78, 5) is 11.4. The van der Waals surface area contributed by atoms with E-state index >= 15 is 0 Å². The molecule has 0 aromatic rings. The van der Waals surface area contributed by atoms with Gasteiger partial charge in [-0.05, 0) is 31.9 Å². The van der Waals surface area contributed by atoms with Gasteiger partial charge < -0.3 is 4.74 Å². The van der Waals surface area contributed by atoms with Crippen LogP contribution in [-0.2, 0) is 9.53 Å². The molecule has 0 N–H and O–H groups in total. The Bertz CT molecular complexity index is 273. The van der Waals surface area contributed by atoms with Gasteiger partial charge in [-0.1, -0.05) is 26.7 Å². The van der Waals surface area contributed by atoms with E-state index in [1.54, 1.807) is 11.8 Å². The molecule has 5 heteroatoms. The van der Waals surface area contributed by atoms with Crippen LogP contribution in [0.2, 0.25) is 0 Å². The second kappa shape index (κ2) is 12.2. The Labute approximate surface area is 132 Å². The highest BCUT2D eigenvalue weighted by molar-refractivity contribution is 7.99. The van der Waals surface area contributed by atoms with Gasteiger partial charge in [-0.15, -0.1) is 0 Å². The number of alkyl halides is 2. The first-order valence-electron chi connectivity index (χ1n) is 8.06. The standard InChI is InChI=1S/C16H30F2O2S/c1-4-6-7-10-15(19)20-13-14(3)21-12-9-8-11-16(17,18)5-2/h14H,4-13H2,1-3H3. The minimum absolute atomic E-state index is 0.0230. The number of halogens is 2. The highest BCUT2D eigenvalue weighted by Crippen LogP contribution is 2.25. The minimum atomic E-state index is -2.51. The van der Waals surface area contributed by atoms with Crippen molar-refractivity contribution in [2.75, 3.05) is 12.4 Å². The molecule has 0 spiro atoms. The van der Waals surface area contributed by atoms with Gasteiger partial charge in [0.2, 0.25) is 5.92 Å². The van der Waals surface area contributed by atoms with E-state index in [1.165, 1.54) is 6.92 Å². The molecule has 0 radical (unpaired) electrons. The Kier molecular flexibility index (Phi) is 12.1. The third-order valence-electron chi connectivity index (χ3n) is 3.32. The van der Waals surface area contributed by atoms with Crippen LogP contribution in [-0.4, -0.2) is 29.5 Å². The van der Waals surface area contributed by atoms with Crippen LogP contribution >= 0.6 is 11.8 Å².